The van der Waals surface area contributed by atoms with E-state index in [0.29, 0.717) is 11.6 Å². The number of thiophene rings is 1. The van der Waals surface area contributed by atoms with E-state index in [4.69, 9.17) is 11.6 Å². The summed E-state index contributed by atoms with van der Waals surface area (Å²) in [5.41, 5.74) is 2.33. The zero-order chi connectivity index (χ0) is 22.8. The van der Waals surface area contributed by atoms with E-state index >= 15 is 0 Å². The van der Waals surface area contributed by atoms with Gasteiger partial charge in [0.25, 0.3) is 5.91 Å². The number of amides is 2. The van der Waals surface area contributed by atoms with Crippen LogP contribution in [0.2, 0.25) is 5.02 Å². The van der Waals surface area contributed by atoms with Gasteiger partial charge in [0.15, 0.2) is 0 Å². The lowest BCUT2D eigenvalue weighted by Gasteiger charge is -2.38. The van der Waals surface area contributed by atoms with E-state index in [9.17, 15) is 14.0 Å². The average molecular weight is 471 g/mol. The summed E-state index contributed by atoms with van der Waals surface area (Å²) in [4.78, 5) is 31.2. The van der Waals surface area contributed by atoms with Gasteiger partial charge in [0.05, 0.1) is 6.04 Å². The van der Waals surface area contributed by atoms with Crippen LogP contribution in [0.4, 0.5) is 4.39 Å². The van der Waals surface area contributed by atoms with Crippen molar-refractivity contribution >= 4 is 34.8 Å². The number of nitrogens with zero attached hydrogens (tertiary/aromatic N) is 2. The molecule has 7 heteroatoms. The van der Waals surface area contributed by atoms with Crippen LogP contribution >= 0.6 is 22.9 Å². The smallest absolute Gasteiger partial charge is 0.254 e. The Bertz CT molecular complexity index is 1130. The third-order valence-corrected chi connectivity index (χ3v) is 6.98. The van der Waals surface area contributed by atoms with Gasteiger partial charge >= 0.3 is 0 Å². The number of rotatable bonds is 5. The van der Waals surface area contributed by atoms with Crippen molar-refractivity contribution in [2.45, 2.75) is 32.4 Å². The Morgan fingerprint density at radius 1 is 1.19 bits per heavy atom. The summed E-state index contributed by atoms with van der Waals surface area (Å²) in [5.74, 6) is -0.973. The molecule has 0 spiro atoms. The Kier molecular flexibility index (Phi) is 6.63. The summed E-state index contributed by atoms with van der Waals surface area (Å²) in [6, 6.07) is 14.7. The van der Waals surface area contributed by atoms with E-state index in [0.717, 1.165) is 17.5 Å². The Balaban J connectivity index is 1.62. The normalized spacial score (nSPS) is 15.5. The van der Waals surface area contributed by atoms with Crippen LogP contribution < -0.4 is 0 Å². The second kappa shape index (κ2) is 9.43. The molecular formula is C25H24ClFN2O2S. The van der Waals surface area contributed by atoms with Gasteiger partial charge in [-0.3, -0.25) is 9.59 Å². The zero-order valence-electron chi connectivity index (χ0n) is 17.9. The molecule has 166 valence electrons. The van der Waals surface area contributed by atoms with Gasteiger partial charge in [-0.15, -0.1) is 11.3 Å². The van der Waals surface area contributed by atoms with Gasteiger partial charge in [-0.2, -0.15) is 0 Å². The van der Waals surface area contributed by atoms with Crippen LogP contribution in [0, 0.1) is 5.82 Å². The first kappa shape index (κ1) is 22.5. The molecular weight excluding hydrogens is 447 g/mol. The Hall–Kier alpha value is -2.70. The molecule has 32 heavy (non-hydrogen) atoms. The van der Waals surface area contributed by atoms with E-state index in [2.05, 4.69) is 11.4 Å². The minimum atomic E-state index is -0.477. The standard InChI is InChI=1S/C25H24ClFN2O2S/c1-16(2)29(25(31)18-4-3-5-20(27)14-18)15-23(30)28-12-10-22-21(11-13-32-22)24(28)17-6-8-19(26)9-7-17/h3-9,11,13-14,16,24H,10,12,15H2,1-2H3. The molecule has 2 heterocycles. The number of halogens is 2. The van der Waals surface area contributed by atoms with E-state index in [1.165, 1.54) is 28.0 Å². The van der Waals surface area contributed by atoms with Crippen LogP contribution in [0.3, 0.4) is 0 Å². The number of fused-ring (bicyclic) bond motifs is 1. The molecule has 3 aromatic rings. The summed E-state index contributed by atoms with van der Waals surface area (Å²) in [6.45, 7) is 4.21. The summed E-state index contributed by atoms with van der Waals surface area (Å²) < 4.78 is 13.7. The molecule has 0 N–H and O–H groups in total. The summed E-state index contributed by atoms with van der Waals surface area (Å²) >= 11 is 7.79. The first-order chi connectivity index (χ1) is 15.3. The summed E-state index contributed by atoms with van der Waals surface area (Å²) in [7, 11) is 0. The number of carbonyl (C=O) groups is 2. The van der Waals surface area contributed by atoms with Crippen molar-refractivity contribution in [2.75, 3.05) is 13.1 Å². The van der Waals surface area contributed by atoms with E-state index in [1.807, 2.05) is 43.0 Å². The van der Waals surface area contributed by atoms with Gasteiger partial charge in [-0.05, 0) is 73.2 Å². The monoisotopic (exact) mass is 470 g/mol. The summed E-state index contributed by atoms with van der Waals surface area (Å²) in [6.07, 6.45) is 0.780. The van der Waals surface area contributed by atoms with Crippen molar-refractivity contribution in [3.8, 4) is 0 Å². The fourth-order valence-electron chi connectivity index (χ4n) is 4.10. The third kappa shape index (κ3) is 4.57. The van der Waals surface area contributed by atoms with Crippen LogP contribution in [0.5, 0.6) is 0 Å². The van der Waals surface area contributed by atoms with E-state index in [1.54, 1.807) is 17.4 Å². The first-order valence-corrected chi connectivity index (χ1v) is 11.8. The molecule has 0 saturated heterocycles. The molecule has 0 fully saturated rings. The fraction of sp³-hybridized carbons (Fsp3) is 0.280. The predicted octanol–water partition coefficient (Wildman–Crippen LogP) is 5.57. The maximum absolute atomic E-state index is 13.7. The maximum Gasteiger partial charge on any atom is 0.254 e. The maximum atomic E-state index is 13.7. The Labute approximate surface area is 196 Å². The van der Waals surface area contributed by atoms with Gasteiger partial charge in [0, 0.05) is 28.0 Å². The topological polar surface area (TPSA) is 40.6 Å². The average Bonchev–Trinajstić information content (AvgIpc) is 3.25. The SMILES string of the molecule is CC(C)N(CC(=O)N1CCc2sccc2C1c1ccc(Cl)cc1)C(=O)c1cccc(F)c1. The molecule has 1 aliphatic heterocycles. The van der Waals surface area contributed by atoms with Crippen LogP contribution in [0.15, 0.2) is 60.0 Å². The number of benzene rings is 2. The van der Waals surface area contributed by atoms with E-state index < -0.39 is 5.82 Å². The number of hydrogen-bond acceptors (Lipinski definition) is 3. The van der Waals surface area contributed by atoms with Gasteiger partial charge in [0.1, 0.15) is 12.4 Å². The van der Waals surface area contributed by atoms with Crippen LogP contribution in [-0.4, -0.2) is 40.7 Å². The van der Waals surface area contributed by atoms with Crippen molar-refractivity contribution < 1.29 is 14.0 Å². The fourth-order valence-corrected chi connectivity index (χ4v) is 5.13. The molecule has 2 amide bonds. The Morgan fingerprint density at radius 2 is 1.94 bits per heavy atom. The molecule has 0 radical (unpaired) electrons. The van der Waals surface area contributed by atoms with Crippen molar-refractivity contribution in [3.63, 3.8) is 0 Å². The Morgan fingerprint density at radius 3 is 2.62 bits per heavy atom. The molecule has 1 aliphatic rings. The van der Waals surface area contributed by atoms with Crippen LogP contribution in [-0.2, 0) is 11.2 Å². The van der Waals surface area contributed by atoms with Crippen molar-refractivity contribution in [2.24, 2.45) is 0 Å². The molecule has 0 bridgehead atoms. The molecule has 4 rings (SSSR count). The minimum absolute atomic E-state index is 0.0728. The lowest BCUT2D eigenvalue weighted by molar-refractivity contribution is -0.134. The number of hydrogen-bond donors (Lipinski definition) is 0. The van der Waals surface area contributed by atoms with Gasteiger partial charge in [-0.25, -0.2) is 4.39 Å². The minimum Gasteiger partial charge on any atom is -0.330 e. The predicted molar refractivity (Wildman–Crippen MR) is 126 cm³/mol. The largest absolute Gasteiger partial charge is 0.330 e. The lowest BCUT2D eigenvalue weighted by Crippen LogP contribution is -2.48. The van der Waals surface area contributed by atoms with Crippen LogP contribution in [0.1, 0.15) is 46.3 Å². The quantitative estimate of drug-likeness (QED) is 0.489. The molecule has 0 aliphatic carbocycles. The molecule has 4 nitrogen and oxygen atoms in total. The van der Waals surface area contributed by atoms with Crippen LogP contribution in [0.25, 0.3) is 0 Å². The molecule has 0 saturated carbocycles. The second-order valence-electron chi connectivity index (χ2n) is 8.13. The van der Waals surface area contributed by atoms with Crippen molar-refractivity contribution in [1.82, 2.24) is 9.80 Å². The molecule has 2 aromatic carbocycles. The zero-order valence-corrected chi connectivity index (χ0v) is 19.5. The van der Waals surface area contributed by atoms with Crippen molar-refractivity contribution in [1.29, 1.82) is 0 Å². The first-order valence-electron chi connectivity index (χ1n) is 10.5. The second-order valence-corrected chi connectivity index (χ2v) is 9.56. The third-order valence-electron chi connectivity index (χ3n) is 5.73. The highest BCUT2D eigenvalue weighted by Gasteiger charge is 2.34. The summed E-state index contributed by atoms with van der Waals surface area (Å²) in [5, 5.41) is 2.69. The molecule has 1 unspecified atom stereocenters. The molecule has 1 aromatic heterocycles. The molecule has 1 atom stereocenters. The van der Waals surface area contributed by atoms with Crippen molar-refractivity contribution in [3.05, 3.63) is 92.4 Å². The highest BCUT2D eigenvalue weighted by atomic mass is 35.5. The lowest BCUT2D eigenvalue weighted by atomic mass is 9.93. The van der Waals surface area contributed by atoms with E-state index in [-0.39, 0.29) is 36.0 Å². The number of carbonyl (C=O) groups excluding carboxylic acids is 2. The van der Waals surface area contributed by atoms with Gasteiger partial charge < -0.3 is 9.80 Å². The van der Waals surface area contributed by atoms with Gasteiger partial charge in [-0.1, -0.05) is 29.8 Å². The van der Waals surface area contributed by atoms with Gasteiger partial charge in [0.2, 0.25) is 5.91 Å². The highest BCUT2D eigenvalue weighted by molar-refractivity contribution is 7.10. The highest BCUT2D eigenvalue weighted by Crippen LogP contribution is 2.38.